The Morgan fingerprint density at radius 3 is 2.75 bits per heavy atom. The summed E-state index contributed by atoms with van der Waals surface area (Å²) < 4.78 is 22.1. The largest absolute Gasteiger partial charge is 0.493 e. The quantitative estimate of drug-likeness (QED) is 0.388. The van der Waals surface area contributed by atoms with Crippen LogP contribution in [0.5, 0.6) is 11.6 Å². The molecule has 1 amide bonds. The number of ether oxygens (including phenoxy) is 3. The molecule has 10 heteroatoms. The molecule has 10 nitrogen and oxygen atoms in total. The highest BCUT2D eigenvalue weighted by atomic mass is 16.5. The second-order valence-electron chi connectivity index (χ2n) is 10.5. The van der Waals surface area contributed by atoms with Gasteiger partial charge in [0.05, 0.1) is 48.1 Å². The van der Waals surface area contributed by atoms with E-state index < -0.39 is 0 Å². The van der Waals surface area contributed by atoms with Crippen molar-refractivity contribution >= 4 is 29.0 Å². The van der Waals surface area contributed by atoms with Crippen molar-refractivity contribution in [2.45, 2.75) is 51.8 Å². The first kappa shape index (κ1) is 26.1. The lowest BCUT2D eigenvalue weighted by Gasteiger charge is -2.23. The van der Waals surface area contributed by atoms with Gasteiger partial charge in [0.1, 0.15) is 5.75 Å². The number of hydrogen-bond acceptors (Lipinski definition) is 7. The Balaban J connectivity index is 1.46. The first-order chi connectivity index (χ1) is 19.5. The summed E-state index contributed by atoms with van der Waals surface area (Å²) in [6.07, 6.45) is 11.2. The fourth-order valence-electron chi connectivity index (χ4n) is 5.10. The zero-order valence-corrected chi connectivity index (χ0v) is 23.1. The number of aryl methyl sites for hydroxylation is 1. The molecule has 1 aromatic carbocycles. The molecule has 1 atom stereocenters. The van der Waals surface area contributed by atoms with Crippen LogP contribution in [0.4, 0.5) is 0 Å². The molecule has 208 valence electrons. The number of amides is 1. The average Bonchev–Trinajstić information content (AvgIpc) is 3.51. The highest BCUT2D eigenvalue weighted by Gasteiger charge is 2.23. The van der Waals surface area contributed by atoms with Crippen LogP contribution in [0.2, 0.25) is 0 Å². The van der Waals surface area contributed by atoms with Crippen LogP contribution in [0, 0.1) is 0 Å². The van der Waals surface area contributed by atoms with Gasteiger partial charge in [-0.15, -0.1) is 0 Å². The lowest BCUT2D eigenvalue weighted by Crippen LogP contribution is -2.30. The molecule has 40 heavy (non-hydrogen) atoms. The van der Waals surface area contributed by atoms with Crippen LogP contribution in [0.1, 0.15) is 67.4 Å². The maximum Gasteiger partial charge on any atom is 0.251 e. The number of carbonyl (C=O) groups excluding carboxylic acids is 1. The molecule has 0 aliphatic carbocycles. The summed E-state index contributed by atoms with van der Waals surface area (Å²) in [6, 6.07) is 7.61. The molecule has 4 aromatic rings. The van der Waals surface area contributed by atoms with E-state index in [9.17, 15) is 4.79 Å². The molecule has 0 saturated carbocycles. The molecule has 6 rings (SSSR count). The van der Waals surface area contributed by atoms with E-state index in [-0.39, 0.29) is 18.2 Å². The van der Waals surface area contributed by atoms with Crippen LogP contribution in [-0.2, 0) is 11.8 Å². The Morgan fingerprint density at radius 1 is 1.05 bits per heavy atom. The van der Waals surface area contributed by atoms with Gasteiger partial charge in [-0.25, -0.2) is 9.36 Å². The van der Waals surface area contributed by atoms with Crippen molar-refractivity contribution in [1.29, 1.82) is 0 Å². The van der Waals surface area contributed by atoms with Gasteiger partial charge in [0.2, 0.25) is 5.88 Å². The van der Waals surface area contributed by atoms with Gasteiger partial charge in [0.15, 0.2) is 6.23 Å². The second kappa shape index (κ2) is 11.1. The average molecular weight is 543 g/mol. The van der Waals surface area contributed by atoms with Gasteiger partial charge in [0.25, 0.3) is 5.91 Å². The number of nitrogens with zero attached hydrogens (tertiary/aromatic N) is 5. The topological polar surface area (TPSA) is 105 Å². The maximum absolute atomic E-state index is 12.7. The number of hydrogen-bond donors (Lipinski definition) is 1. The lowest BCUT2D eigenvalue weighted by atomic mass is 10.1. The smallest absolute Gasteiger partial charge is 0.251 e. The normalized spacial score (nSPS) is 17.4. The predicted octanol–water partition coefficient (Wildman–Crippen LogP) is 5.00. The van der Waals surface area contributed by atoms with Gasteiger partial charge in [-0.3, -0.25) is 9.78 Å². The van der Waals surface area contributed by atoms with Gasteiger partial charge < -0.3 is 19.5 Å². The fraction of sp³-hybridized carbons (Fsp3) is 0.400. The van der Waals surface area contributed by atoms with Crippen molar-refractivity contribution < 1.29 is 19.0 Å². The zero-order chi connectivity index (χ0) is 27.6. The molecule has 2 aliphatic heterocycles. The summed E-state index contributed by atoms with van der Waals surface area (Å²) in [5.41, 5.74) is 4.69. The first-order valence-electron chi connectivity index (χ1n) is 13.9. The van der Waals surface area contributed by atoms with Crippen molar-refractivity contribution in [2.75, 3.05) is 19.8 Å². The van der Waals surface area contributed by atoms with Crippen molar-refractivity contribution in [3.05, 3.63) is 53.5 Å². The Kier molecular flexibility index (Phi) is 7.25. The zero-order valence-electron chi connectivity index (χ0n) is 23.1. The van der Waals surface area contributed by atoms with Crippen molar-refractivity contribution in [3.63, 3.8) is 0 Å². The molecule has 2 aliphatic rings. The molecule has 0 radical (unpaired) electrons. The molecule has 0 spiro atoms. The van der Waals surface area contributed by atoms with E-state index in [1.54, 1.807) is 16.9 Å². The SMILES string of the molecule is CC(C)NC(=O)c1ccc2c(c1)OCCCOc1c(cnn1C)-c1cc3c(nn(C4CCCCO4)c3cn1)C=C2. The Hall–Kier alpha value is -4.18. The minimum Gasteiger partial charge on any atom is -0.493 e. The Labute approximate surface area is 232 Å². The van der Waals surface area contributed by atoms with Crippen LogP contribution in [0.25, 0.3) is 34.3 Å². The molecule has 1 saturated heterocycles. The van der Waals surface area contributed by atoms with Gasteiger partial charge in [0, 0.05) is 42.6 Å². The fourth-order valence-corrected chi connectivity index (χ4v) is 5.10. The van der Waals surface area contributed by atoms with Gasteiger partial charge >= 0.3 is 0 Å². The molecular formula is C30H34N6O4. The number of pyridine rings is 1. The predicted molar refractivity (Wildman–Crippen MR) is 152 cm³/mol. The van der Waals surface area contributed by atoms with Crippen LogP contribution in [-0.4, -0.2) is 56.3 Å². The van der Waals surface area contributed by atoms with E-state index in [0.717, 1.165) is 59.3 Å². The minimum atomic E-state index is -0.134. The summed E-state index contributed by atoms with van der Waals surface area (Å²) in [7, 11) is 1.86. The number of nitrogens with one attached hydrogen (secondary N) is 1. The number of aromatic nitrogens is 5. The van der Waals surface area contributed by atoms with E-state index in [2.05, 4.69) is 10.4 Å². The van der Waals surface area contributed by atoms with E-state index >= 15 is 0 Å². The van der Waals surface area contributed by atoms with Gasteiger partial charge in [-0.2, -0.15) is 10.2 Å². The number of fused-ring (bicyclic) bond motifs is 4. The number of rotatable bonds is 3. The molecule has 1 N–H and O–H groups in total. The summed E-state index contributed by atoms with van der Waals surface area (Å²) in [4.78, 5) is 17.5. The molecule has 2 bridgehead atoms. The van der Waals surface area contributed by atoms with Crippen molar-refractivity contribution in [1.82, 2.24) is 29.9 Å². The number of carbonyl (C=O) groups is 1. The first-order valence-corrected chi connectivity index (χ1v) is 13.9. The third kappa shape index (κ3) is 5.19. The third-order valence-corrected chi connectivity index (χ3v) is 7.11. The van der Waals surface area contributed by atoms with E-state index in [1.165, 1.54) is 0 Å². The van der Waals surface area contributed by atoms with Gasteiger partial charge in [-0.1, -0.05) is 6.07 Å². The van der Waals surface area contributed by atoms with Crippen molar-refractivity contribution in [3.8, 4) is 22.9 Å². The Morgan fingerprint density at radius 2 is 1.93 bits per heavy atom. The number of benzene rings is 1. The minimum absolute atomic E-state index is 0.0379. The highest BCUT2D eigenvalue weighted by Crippen LogP contribution is 2.34. The van der Waals surface area contributed by atoms with Crippen molar-refractivity contribution in [2.24, 2.45) is 7.05 Å². The monoisotopic (exact) mass is 542 g/mol. The summed E-state index contributed by atoms with van der Waals surface area (Å²) in [5.74, 6) is 1.14. The lowest BCUT2D eigenvalue weighted by molar-refractivity contribution is -0.0367. The van der Waals surface area contributed by atoms with Crippen LogP contribution in [0.15, 0.2) is 36.7 Å². The molecule has 5 heterocycles. The summed E-state index contributed by atoms with van der Waals surface area (Å²) >= 11 is 0. The molecule has 1 unspecified atom stereocenters. The van der Waals surface area contributed by atoms with E-state index in [0.29, 0.717) is 36.8 Å². The molecule has 1 fully saturated rings. The van der Waals surface area contributed by atoms with E-state index in [4.69, 9.17) is 24.3 Å². The summed E-state index contributed by atoms with van der Waals surface area (Å²) in [6.45, 7) is 5.46. The third-order valence-electron chi connectivity index (χ3n) is 7.11. The van der Waals surface area contributed by atoms with E-state index in [1.807, 2.05) is 62.1 Å². The van der Waals surface area contributed by atoms with Crippen LogP contribution >= 0.6 is 0 Å². The standard InChI is InChI=1S/C30H34N6O4/c1-19(2)33-29(37)21-9-8-20-10-11-24-22-16-25(31-18-26(22)36(34-24)28-7-4-5-12-39-28)23-17-32-35(3)30(23)40-14-6-13-38-27(20)15-21/h8-11,15-19,28H,4-7,12-14H2,1-3H3,(H,33,37). The molecular weight excluding hydrogens is 508 g/mol. The van der Waals surface area contributed by atoms with Crippen LogP contribution in [0.3, 0.4) is 0 Å². The molecule has 3 aromatic heterocycles. The summed E-state index contributed by atoms with van der Waals surface area (Å²) in [5, 5.41) is 13.3. The van der Waals surface area contributed by atoms with Crippen LogP contribution < -0.4 is 14.8 Å². The maximum atomic E-state index is 12.7. The van der Waals surface area contributed by atoms with Gasteiger partial charge in [-0.05, 0) is 63.5 Å². The second-order valence-corrected chi connectivity index (χ2v) is 10.5. The highest BCUT2D eigenvalue weighted by molar-refractivity contribution is 5.96. The Bertz CT molecular complexity index is 1560.